The Morgan fingerprint density at radius 3 is 0.953 bits per heavy atom. The number of allylic oxidation sites excluding steroid dienone is 4. The largest absolute Gasteiger partial charge is 0.314 e. The molecule has 0 spiro atoms. The van der Waals surface area contributed by atoms with Gasteiger partial charge in [-0.15, -0.1) is 0 Å². The highest BCUT2D eigenvalue weighted by Gasteiger charge is 2.22. The lowest BCUT2D eigenvalue weighted by molar-refractivity contribution is 0.856. The molecule has 0 saturated heterocycles. The van der Waals surface area contributed by atoms with Crippen molar-refractivity contribution >= 4 is 62.6 Å². The zero-order valence-electron chi connectivity index (χ0n) is 37.8. The van der Waals surface area contributed by atoms with Gasteiger partial charge in [-0.25, -0.2) is 0 Å². The number of benzene rings is 8. The summed E-state index contributed by atoms with van der Waals surface area (Å²) < 4.78 is 0. The minimum Gasteiger partial charge on any atom is -0.314 e. The Balaban J connectivity index is 1.15. The first-order chi connectivity index (χ1) is 31.2. The van der Waals surface area contributed by atoms with E-state index in [0.717, 1.165) is 69.7 Å². The number of para-hydroxylation sites is 3. The summed E-state index contributed by atoms with van der Waals surface area (Å²) in [4.78, 5) is 9.52. The Labute approximate surface area is 380 Å². The second kappa shape index (κ2) is 18.4. The molecule has 0 heterocycles. The summed E-state index contributed by atoms with van der Waals surface area (Å²) in [6, 6.07) is 72.6. The van der Waals surface area contributed by atoms with Crippen molar-refractivity contribution in [3.8, 4) is 0 Å². The standard InChI is InChI=1S/C60H56N4/c1-43-22-37-58(46(4)40-43)62(49-16-10-7-11-17-49)55-31-25-52(26-32-55)61(53-27-33-56(34-28-53)63(50-18-12-8-13-19-50)59-38-23-44(2)41-47(59)5)54-29-35-57(36-30-54)64(51-20-14-9-15-21-51)60-39-24-45(3)42-48(60)6/h7-23,25-38,40-42H,24,39H2,1-6H3. The molecule has 0 aliphatic heterocycles. The lowest BCUT2D eigenvalue weighted by atomic mass is 9.96. The molecule has 0 atom stereocenters. The van der Waals surface area contributed by atoms with Crippen molar-refractivity contribution in [2.75, 3.05) is 19.6 Å². The first-order valence-electron chi connectivity index (χ1n) is 22.4. The van der Waals surface area contributed by atoms with E-state index in [0.29, 0.717) is 0 Å². The van der Waals surface area contributed by atoms with E-state index >= 15 is 0 Å². The van der Waals surface area contributed by atoms with E-state index in [1.165, 1.54) is 44.8 Å². The van der Waals surface area contributed by atoms with Gasteiger partial charge in [0, 0.05) is 68.3 Å². The van der Waals surface area contributed by atoms with Crippen molar-refractivity contribution in [1.82, 2.24) is 0 Å². The van der Waals surface area contributed by atoms with Crippen LogP contribution in [0.1, 0.15) is 48.9 Å². The van der Waals surface area contributed by atoms with Gasteiger partial charge >= 0.3 is 0 Å². The highest BCUT2D eigenvalue weighted by atomic mass is 15.2. The predicted octanol–water partition coefficient (Wildman–Crippen LogP) is 17.5. The zero-order valence-corrected chi connectivity index (χ0v) is 37.8. The maximum absolute atomic E-state index is 2.44. The zero-order chi connectivity index (χ0) is 44.2. The molecule has 8 aromatic carbocycles. The third-order valence-corrected chi connectivity index (χ3v) is 12.3. The van der Waals surface area contributed by atoms with Crippen LogP contribution < -0.4 is 19.6 Å². The molecule has 0 aromatic heterocycles. The van der Waals surface area contributed by atoms with Crippen molar-refractivity contribution in [3.05, 3.63) is 245 Å². The molecule has 316 valence electrons. The number of nitrogens with zero attached hydrogens (tertiary/aromatic N) is 4. The van der Waals surface area contributed by atoms with Crippen LogP contribution in [0, 0.1) is 27.7 Å². The summed E-state index contributed by atoms with van der Waals surface area (Å²) in [5, 5.41) is 0. The Bertz CT molecular complexity index is 2780. The van der Waals surface area contributed by atoms with Crippen molar-refractivity contribution in [1.29, 1.82) is 0 Å². The maximum Gasteiger partial charge on any atom is 0.0490 e. The summed E-state index contributed by atoms with van der Waals surface area (Å²) in [5.41, 5.74) is 21.3. The van der Waals surface area contributed by atoms with Crippen molar-refractivity contribution in [2.24, 2.45) is 0 Å². The van der Waals surface area contributed by atoms with Crippen LogP contribution in [0.2, 0.25) is 0 Å². The van der Waals surface area contributed by atoms with Gasteiger partial charge in [0.1, 0.15) is 0 Å². The summed E-state index contributed by atoms with van der Waals surface area (Å²) in [7, 11) is 0. The van der Waals surface area contributed by atoms with Crippen LogP contribution in [-0.4, -0.2) is 0 Å². The maximum atomic E-state index is 2.44. The number of aryl methyl sites for hydroxylation is 4. The smallest absolute Gasteiger partial charge is 0.0490 e. The molecule has 64 heavy (non-hydrogen) atoms. The SMILES string of the molecule is CC1=CC(C)=C(N(c2ccccc2)c2ccc(N(c3ccc(N(c4ccccc4)c4ccc(C)cc4C)cc3)c3ccc(N(c4ccccc4)c4ccc(C)cc4C)cc3)cc2)CC1. The van der Waals surface area contributed by atoms with Crippen LogP contribution in [0.5, 0.6) is 0 Å². The van der Waals surface area contributed by atoms with Gasteiger partial charge in [-0.2, -0.15) is 0 Å². The van der Waals surface area contributed by atoms with E-state index < -0.39 is 0 Å². The van der Waals surface area contributed by atoms with E-state index in [9.17, 15) is 0 Å². The van der Waals surface area contributed by atoms with Crippen molar-refractivity contribution in [3.63, 3.8) is 0 Å². The Hall–Kier alpha value is -7.56. The van der Waals surface area contributed by atoms with E-state index in [2.05, 4.69) is 267 Å². The van der Waals surface area contributed by atoms with Gasteiger partial charge in [-0.1, -0.05) is 102 Å². The first kappa shape index (κ1) is 41.8. The molecule has 9 rings (SSSR count). The summed E-state index contributed by atoms with van der Waals surface area (Å²) in [6.45, 7) is 13.2. The second-order valence-corrected chi connectivity index (χ2v) is 17.1. The van der Waals surface area contributed by atoms with E-state index in [-0.39, 0.29) is 0 Å². The number of anilines is 11. The highest BCUT2D eigenvalue weighted by Crippen LogP contribution is 2.44. The molecule has 0 unspecified atom stereocenters. The summed E-state index contributed by atoms with van der Waals surface area (Å²) >= 11 is 0. The average Bonchev–Trinajstić information content (AvgIpc) is 3.31. The molecular formula is C60H56N4. The Morgan fingerprint density at radius 2 is 0.609 bits per heavy atom. The summed E-state index contributed by atoms with van der Waals surface area (Å²) in [6.07, 6.45) is 4.40. The van der Waals surface area contributed by atoms with Gasteiger partial charge in [0.05, 0.1) is 0 Å². The predicted molar refractivity (Wildman–Crippen MR) is 274 cm³/mol. The molecule has 0 N–H and O–H groups in total. The van der Waals surface area contributed by atoms with Crippen LogP contribution in [0.25, 0.3) is 0 Å². The van der Waals surface area contributed by atoms with Crippen molar-refractivity contribution < 1.29 is 0 Å². The fourth-order valence-corrected chi connectivity index (χ4v) is 9.18. The molecule has 0 bridgehead atoms. The van der Waals surface area contributed by atoms with Gasteiger partial charge in [0.25, 0.3) is 0 Å². The first-order valence-corrected chi connectivity index (χ1v) is 22.4. The van der Waals surface area contributed by atoms with Crippen molar-refractivity contribution in [2.45, 2.75) is 54.4 Å². The molecule has 0 saturated carbocycles. The lowest BCUT2D eigenvalue weighted by Gasteiger charge is -2.32. The molecule has 0 fully saturated rings. The monoisotopic (exact) mass is 832 g/mol. The van der Waals surface area contributed by atoms with Gasteiger partial charge < -0.3 is 19.6 Å². The van der Waals surface area contributed by atoms with Gasteiger partial charge in [0.15, 0.2) is 0 Å². The lowest BCUT2D eigenvalue weighted by Crippen LogP contribution is -2.19. The molecule has 4 heteroatoms. The number of rotatable bonds is 12. The van der Waals surface area contributed by atoms with Crippen LogP contribution in [-0.2, 0) is 0 Å². The van der Waals surface area contributed by atoms with Crippen LogP contribution in [0.4, 0.5) is 62.6 Å². The molecule has 0 radical (unpaired) electrons. The highest BCUT2D eigenvalue weighted by molar-refractivity contribution is 5.85. The van der Waals surface area contributed by atoms with Crippen LogP contribution in [0.3, 0.4) is 0 Å². The summed E-state index contributed by atoms with van der Waals surface area (Å²) in [5.74, 6) is 0. The Morgan fingerprint density at radius 1 is 0.297 bits per heavy atom. The second-order valence-electron chi connectivity index (χ2n) is 17.1. The molecule has 1 aliphatic rings. The Kier molecular flexibility index (Phi) is 12.0. The number of hydrogen-bond donors (Lipinski definition) is 0. The molecule has 0 amide bonds. The number of hydrogen-bond acceptors (Lipinski definition) is 4. The fourth-order valence-electron chi connectivity index (χ4n) is 9.18. The van der Waals surface area contributed by atoms with Gasteiger partial charge in [-0.3, -0.25) is 0 Å². The third kappa shape index (κ3) is 8.73. The van der Waals surface area contributed by atoms with E-state index in [1.807, 2.05) is 0 Å². The van der Waals surface area contributed by atoms with Gasteiger partial charge in [0.2, 0.25) is 0 Å². The minimum absolute atomic E-state index is 1.000. The normalized spacial score (nSPS) is 12.4. The minimum atomic E-state index is 1.000. The topological polar surface area (TPSA) is 13.0 Å². The van der Waals surface area contributed by atoms with E-state index in [1.54, 1.807) is 0 Å². The molecule has 4 nitrogen and oxygen atoms in total. The quantitative estimate of drug-likeness (QED) is 0.122. The van der Waals surface area contributed by atoms with Gasteiger partial charge in [-0.05, 0) is 192 Å². The van der Waals surface area contributed by atoms with Crippen LogP contribution >= 0.6 is 0 Å². The van der Waals surface area contributed by atoms with E-state index in [4.69, 9.17) is 0 Å². The third-order valence-electron chi connectivity index (χ3n) is 12.3. The average molecular weight is 833 g/mol. The molecular weight excluding hydrogens is 777 g/mol. The molecule has 1 aliphatic carbocycles. The molecule has 8 aromatic rings. The van der Waals surface area contributed by atoms with Crippen LogP contribution in [0.15, 0.2) is 223 Å². The fraction of sp³-hybridized carbons (Fsp3) is 0.133.